The third kappa shape index (κ3) is 1.83. The molecule has 2 aliphatic rings. The SMILES string of the molecule is Nc1cc2c(cn1)c(N1CCC1)nn2C1CCCCO1. The minimum absolute atomic E-state index is 0.0306. The summed E-state index contributed by atoms with van der Waals surface area (Å²) in [6, 6.07) is 1.91. The second kappa shape index (κ2) is 4.63. The van der Waals surface area contributed by atoms with Gasteiger partial charge >= 0.3 is 0 Å². The average Bonchev–Trinajstić information content (AvgIpc) is 2.77. The molecule has 0 bridgehead atoms. The lowest BCUT2D eigenvalue weighted by Crippen LogP contribution is -2.37. The van der Waals surface area contributed by atoms with Gasteiger partial charge in [0.05, 0.1) is 10.9 Å². The Morgan fingerprint density at radius 2 is 2.15 bits per heavy atom. The average molecular weight is 273 g/mol. The molecule has 0 saturated carbocycles. The van der Waals surface area contributed by atoms with Gasteiger partial charge in [-0.3, -0.25) is 0 Å². The third-order valence-electron chi connectivity index (χ3n) is 4.18. The van der Waals surface area contributed by atoms with E-state index in [1.807, 2.05) is 16.9 Å². The fourth-order valence-corrected chi connectivity index (χ4v) is 2.93. The van der Waals surface area contributed by atoms with Crippen molar-refractivity contribution in [1.29, 1.82) is 0 Å². The summed E-state index contributed by atoms with van der Waals surface area (Å²) in [7, 11) is 0. The van der Waals surface area contributed by atoms with Crippen LogP contribution in [0.1, 0.15) is 31.9 Å². The van der Waals surface area contributed by atoms with E-state index in [9.17, 15) is 0 Å². The molecule has 6 heteroatoms. The van der Waals surface area contributed by atoms with Gasteiger partial charge < -0.3 is 15.4 Å². The summed E-state index contributed by atoms with van der Waals surface area (Å²) in [4.78, 5) is 6.52. The van der Waals surface area contributed by atoms with Crippen molar-refractivity contribution in [2.24, 2.45) is 0 Å². The topological polar surface area (TPSA) is 69.2 Å². The number of ether oxygens (including phenoxy) is 1. The van der Waals surface area contributed by atoms with Crippen LogP contribution in [0.2, 0.25) is 0 Å². The zero-order valence-electron chi connectivity index (χ0n) is 11.5. The fourth-order valence-electron chi connectivity index (χ4n) is 2.93. The van der Waals surface area contributed by atoms with Gasteiger partial charge in [0, 0.05) is 32.0 Å². The third-order valence-corrected chi connectivity index (χ3v) is 4.18. The van der Waals surface area contributed by atoms with Gasteiger partial charge in [-0.25, -0.2) is 9.67 Å². The van der Waals surface area contributed by atoms with Crippen LogP contribution in [0.5, 0.6) is 0 Å². The lowest BCUT2D eigenvalue weighted by atomic mass is 10.2. The Morgan fingerprint density at radius 1 is 1.25 bits per heavy atom. The highest BCUT2D eigenvalue weighted by Crippen LogP contribution is 2.33. The fraction of sp³-hybridized carbons (Fsp3) is 0.571. The smallest absolute Gasteiger partial charge is 0.160 e. The van der Waals surface area contributed by atoms with Crippen LogP contribution >= 0.6 is 0 Å². The molecular weight excluding hydrogens is 254 g/mol. The first-order valence-corrected chi connectivity index (χ1v) is 7.33. The van der Waals surface area contributed by atoms with E-state index in [1.54, 1.807) is 0 Å². The summed E-state index contributed by atoms with van der Waals surface area (Å²) in [5, 5.41) is 5.88. The van der Waals surface area contributed by atoms with Gasteiger partial charge in [-0.05, 0) is 25.7 Å². The van der Waals surface area contributed by atoms with Gasteiger partial charge in [0.25, 0.3) is 0 Å². The van der Waals surface area contributed by atoms with Gasteiger partial charge in [0.1, 0.15) is 5.82 Å². The quantitative estimate of drug-likeness (QED) is 0.905. The molecule has 0 radical (unpaired) electrons. The van der Waals surface area contributed by atoms with Crippen molar-refractivity contribution in [1.82, 2.24) is 14.8 Å². The number of rotatable bonds is 2. The summed E-state index contributed by atoms with van der Waals surface area (Å²) < 4.78 is 7.88. The van der Waals surface area contributed by atoms with E-state index in [4.69, 9.17) is 15.6 Å². The number of nitrogens with two attached hydrogens (primary N) is 1. The van der Waals surface area contributed by atoms with Crippen LogP contribution < -0.4 is 10.6 Å². The standard InChI is InChI=1S/C14H19N5O/c15-12-8-11-10(9-16-12)14(18-5-3-6-18)17-19(11)13-4-1-2-7-20-13/h8-9,13H,1-7H2,(H2,15,16). The Hall–Kier alpha value is -1.82. The lowest BCUT2D eigenvalue weighted by molar-refractivity contribution is -0.0365. The molecule has 2 aliphatic heterocycles. The van der Waals surface area contributed by atoms with Crippen LogP contribution in [0.3, 0.4) is 0 Å². The number of fused-ring (bicyclic) bond motifs is 1. The van der Waals surface area contributed by atoms with Crippen molar-refractivity contribution in [3.8, 4) is 0 Å². The van der Waals surface area contributed by atoms with Crippen LogP contribution in [0.4, 0.5) is 11.6 Å². The highest BCUT2D eigenvalue weighted by molar-refractivity contribution is 5.91. The van der Waals surface area contributed by atoms with E-state index < -0.39 is 0 Å². The van der Waals surface area contributed by atoms with E-state index in [2.05, 4.69) is 9.88 Å². The molecule has 2 fully saturated rings. The van der Waals surface area contributed by atoms with E-state index in [0.717, 1.165) is 49.3 Å². The number of anilines is 2. The van der Waals surface area contributed by atoms with Gasteiger partial charge in [0.2, 0.25) is 0 Å². The first-order chi connectivity index (χ1) is 9.83. The zero-order valence-corrected chi connectivity index (χ0v) is 11.5. The molecular formula is C14H19N5O. The molecule has 2 aromatic heterocycles. The zero-order chi connectivity index (χ0) is 13.5. The Balaban J connectivity index is 1.83. The second-order valence-corrected chi connectivity index (χ2v) is 5.56. The van der Waals surface area contributed by atoms with Crippen molar-refractivity contribution in [2.45, 2.75) is 31.9 Å². The van der Waals surface area contributed by atoms with E-state index >= 15 is 0 Å². The van der Waals surface area contributed by atoms with Crippen molar-refractivity contribution in [2.75, 3.05) is 30.3 Å². The molecule has 2 saturated heterocycles. The summed E-state index contributed by atoms with van der Waals surface area (Å²) in [5.41, 5.74) is 6.88. The van der Waals surface area contributed by atoms with Crippen LogP contribution in [0.15, 0.2) is 12.3 Å². The minimum Gasteiger partial charge on any atom is -0.384 e. The van der Waals surface area contributed by atoms with Crippen molar-refractivity contribution < 1.29 is 4.74 Å². The molecule has 2 N–H and O–H groups in total. The van der Waals surface area contributed by atoms with E-state index in [1.165, 1.54) is 12.8 Å². The Kier molecular flexibility index (Phi) is 2.77. The highest BCUT2D eigenvalue weighted by atomic mass is 16.5. The molecule has 0 aromatic carbocycles. The number of nitrogen functional groups attached to an aromatic ring is 1. The Bertz CT molecular complexity index is 628. The predicted octanol–water partition coefficient (Wildman–Crippen LogP) is 1.92. The number of aromatic nitrogens is 3. The Morgan fingerprint density at radius 3 is 2.85 bits per heavy atom. The molecule has 4 rings (SSSR count). The molecule has 1 unspecified atom stereocenters. The summed E-state index contributed by atoms with van der Waals surface area (Å²) in [5.74, 6) is 1.55. The molecule has 2 aromatic rings. The first kappa shape index (κ1) is 12.0. The van der Waals surface area contributed by atoms with Gasteiger partial charge in [-0.2, -0.15) is 5.10 Å². The van der Waals surface area contributed by atoms with Gasteiger partial charge in [-0.1, -0.05) is 0 Å². The molecule has 0 aliphatic carbocycles. The monoisotopic (exact) mass is 273 g/mol. The van der Waals surface area contributed by atoms with Crippen molar-refractivity contribution in [3.63, 3.8) is 0 Å². The van der Waals surface area contributed by atoms with Crippen molar-refractivity contribution in [3.05, 3.63) is 12.3 Å². The summed E-state index contributed by atoms with van der Waals surface area (Å²) >= 11 is 0. The molecule has 1 atom stereocenters. The molecule has 0 spiro atoms. The maximum Gasteiger partial charge on any atom is 0.160 e. The van der Waals surface area contributed by atoms with Crippen LogP contribution in [0, 0.1) is 0 Å². The van der Waals surface area contributed by atoms with E-state index in [-0.39, 0.29) is 6.23 Å². The summed E-state index contributed by atoms with van der Waals surface area (Å²) in [6.07, 6.45) is 6.44. The summed E-state index contributed by atoms with van der Waals surface area (Å²) in [6.45, 7) is 2.95. The normalized spacial score (nSPS) is 23.0. The van der Waals surface area contributed by atoms with Crippen LogP contribution in [0.25, 0.3) is 10.9 Å². The second-order valence-electron chi connectivity index (χ2n) is 5.56. The minimum atomic E-state index is 0.0306. The van der Waals surface area contributed by atoms with Crippen LogP contribution in [-0.4, -0.2) is 34.5 Å². The van der Waals surface area contributed by atoms with E-state index in [0.29, 0.717) is 5.82 Å². The predicted molar refractivity (Wildman–Crippen MR) is 77.6 cm³/mol. The molecule has 6 nitrogen and oxygen atoms in total. The number of hydrogen-bond acceptors (Lipinski definition) is 5. The molecule has 20 heavy (non-hydrogen) atoms. The lowest BCUT2D eigenvalue weighted by Gasteiger charge is -2.31. The van der Waals surface area contributed by atoms with Gasteiger partial charge in [0.15, 0.2) is 12.0 Å². The highest BCUT2D eigenvalue weighted by Gasteiger charge is 2.25. The molecule has 106 valence electrons. The van der Waals surface area contributed by atoms with Gasteiger partial charge in [-0.15, -0.1) is 0 Å². The first-order valence-electron chi connectivity index (χ1n) is 7.33. The number of hydrogen-bond donors (Lipinski definition) is 1. The number of nitrogens with zero attached hydrogens (tertiary/aromatic N) is 4. The van der Waals surface area contributed by atoms with Crippen molar-refractivity contribution >= 4 is 22.5 Å². The molecule has 0 amide bonds. The Labute approximate surface area is 117 Å². The maximum atomic E-state index is 5.88. The largest absolute Gasteiger partial charge is 0.384 e. The maximum absolute atomic E-state index is 5.88. The number of pyridine rings is 1. The van der Waals surface area contributed by atoms with Crippen LogP contribution in [-0.2, 0) is 4.74 Å². The molecule has 4 heterocycles.